The Morgan fingerprint density at radius 3 is 2.51 bits per heavy atom. The van der Waals surface area contributed by atoms with E-state index < -0.39 is 24.4 Å². The molecule has 0 radical (unpaired) electrons. The first kappa shape index (κ1) is 23.9. The molecule has 10 heteroatoms. The van der Waals surface area contributed by atoms with Gasteiger partial charge < -0.3 is 23.4 Å². The summed E-state index contributed by atoms with van der Waals surface area (Å²) in [6.45, 7) is -0.945. The van der Waals surface area contributed by atoms with E-state index in [9.17, 15) is 14.4 Å². The molecular formula is C25H26N2O8. The second-order valence-electron chi connectivity index (χ2n) is 7.89. The maximum atomic E-state index is 12.2. The molecule has 4 rings (SSSR count). The van der Waals surface area contributed by atoms with Crippen LogP contribution in [0.25, 0.3) is 11.0 Å². The van der Waals surface area contributed by atoms with Crippen LogP contribution in [-0.4, -0.2) is 45.2 Å². The van der Waals surface area contributed by atoms with Crippen molar-refractivity contribution in [3.63, 3.8) is 0 Å². The Hall–Kier alpha value is -4.21. The molecule has 2 amide bonds. The summed E-state index contributed by atoms with van der Waals surface area (Å²) in [5, 5.41) is 0.996. The number of methoxy groups -OCH3 is 2. The highest BCUT2D eigenvalue weighted by Gasteiger charge is 2.18. The Morgan fingerprint density at radius 2 is 1.71 bits per heavy atom. The van der Waals surface area contributed by atoms with Crippen LogP contribution in [0.4, 0.5) is 0 Å². The number of carbonyl (C=O) groups is 3. The first-order valence-electron chi connectivity index (χ1n) is 11.1. The molecule has 35 heavy (non-hydrogen) atoms. The van der Waals surface area contributed by atoms with Gasteiger partial charge in [-0.1, -0.05) is 0 Å². The van der Waals surface area contributed by atoms with Gasteiger partial charge >= 0.3 is 5.97 Å². The van der Waals surface area contributed by atoms with Crippen molar-refractivity contribution < 1.29 is 37.7 Å². The van der Waals surface area contributed by atoms with Gasteiger partial charge in [-0.15, -0.1) is 0 Å². The van der Waals surface area contributed by atoms with Crippen LogP contribution in [0.15, 0.2) is 40.8 Å². The summed E-state index contributed by atoms with van der Waals surface area (Å²) in [6.07, 6.45) is 4.14. The van der Waals surface area contributed by atoms with Crippen molar-refractivity contribution in [3.8, 4) is 17.2 Å². The van der Waals surface area contributed by atoms with Crippen LogP contribution in [0, 0.1) is 0 Å². The molecular weight excluding hydrogens is 456 g/mol. The molecule has 0 saturated carbocycles. The van der Waals surface area contributed by atoms with E-state index in [-0.39, 0.29) is 12.2 Å². The molecule has 10 nitrogen and oxygen atoms in total. The largest absolute Gasteiger partial charge is 0.493 e. The van der Waals surface area contributed by atoms with Gasteiger partial charge in [-0.25, -0.2) is 4.79 Å². The van der Waals surface area contributed by atoms with Gasteiger partial charge in [0, 0.05) is 22.9 Å². The summed E-state index contributed by atoms with van der Waals surface area (Å²) >= 11 is 0. The van der Waals surface area contributed by atoms with Gasteiger partial charge in [-0.3, -0.25) is 20.4 Å². The maximum Gasteiger partial charge on any atom is 0.344 e. The Balaban J connectivity index is 1.22. The number of nitrogens with one attached hydrogen (secondary N) is 2. The van der Waals surface area contributed by atoms with E-state index in [0.717, 1.165) is 42.4 Å². The minimum atomic E-state index is -0.722. The molecule has 184 valence electrons. The molecule has 1 aromatic heterocycles. The Morgan fingerprint density at radius 1 is 0.914 bits per heavy atom. The lowest BCUT2D eigenvalue weighted by Gasteiger charge is -2.11. The van der Waals surface area contributed by atoms with Crippen molar-refractivity contribution in [3.05, 3.63) is 53.3 Å². The highest BCUT2D eigenvalue weighted by molar-refractivity contribution is 5.96. The minimum Gasteiger partial charge on any atom is -0.493 e. The van der Waals surface area contributed by atoms with E-state index >= 15 is 0 Å². The summed E-state index contributed by atoms with van der Waals surface area (Å²) in [5.41, 5.74) is 6.67. The molecule has 0 bridgehead atoms. The second-order valence-corrected chi connectivity index (χ2v) is 7.89. The fourth-order valence-corrected chi connectivity index (χ4v) is 3.87. The van der Waals surface area contributed by atoms with Crippen molar-refractivity contribution in [1.29, 1.82) is 0 Å². The number of furan rings is 1. The molecule has 0 atom stereocenters. The highest BCUT2D eigenvalue weighted by atomic mass is 16.6. The Kier molecular flexibility index (Phi) is 7.39. The van der Waals surface area contributed by atoms with Crippen LogP contribution in [0.1, 0.15) is 34.5 Å². The number of hydrogen-bond acceptors (Lipinski definition) is 8. The lowest BCUT2D eigenvalue weighted by atomic mass is 9.96. The fraction of sp³-hybridized carbons (Fsp3) is 0.320. The molecule has 1 aliphatic rings. The van der Waals surface area contributed by atoms with Crippen molar-refractivity contribution in [2.45, 2.75) is 25.7 Å². The molecule has 0 fully saturated rings. The summed E-state index contributed by atoms with van der Waals surface area (Å²) in [7, 11) is 2.93. The number of esters is 1. The fourth-order valence-electron chi connectivity index (χ4n) is 3.87. The predicted octanol–water partition coefficient (Wildman–Crippen LogP) is 2.71. The quantitative estimate of drug-likeness (QED) is 0.371. The van der Waals surface area contributed by atoms with E-state index in [1.807, 2.05) is 12.1 Å². The minimum absolute atomic E-state index is 0.240. The number of ether oxygens (including phenoxy) is 4. The molecule has 0 saturated heterocycles. The topological polar surface area (TPSA) is 125 Å². The van der Waals surface area contributed by atoms with E-state index in [0.29, 0.717) is 17.2 Å². The lowest BCUT2D eigenvalue weighted by Crippen LogP contribution is -2.43. The third-order valence-electron chi connectivity index (χ3n) is 5.61. The first-order chi connectivity index (χ1) is 17.0. The number of carbonyl (C=O) groups excluding carboxylic acids is 3. The zero-order valence-corrected chi connectivity index (χ0v) is 19.5. The zero-order valence-electron chi connectivity index (χ0n) is 19.5. The molecule has 0 aliphatic heterocycles. The zero-order chi connectivity index (χ0) is 24.8. The molecule has 3 aromatic rings. The van der Waals surface area contributed by atoms with Crippen LogP contribution in [-0.2, 0) is 27.2 Å². The van der Waals surface area contributed by atoms with Crippen LogP contribution < -0.4 is 25.1 Å². The van der Waals surface area contributed by atoms with Crippen LogP contribution >= 0.6 is 0 Å². The number of hydrogen-bond donors (Lipinski definition) is 2. The SMILES string of the molecule is COc1ccc(C(=O)NNC(=O)COC(=O)COc2ccc3oc4c(c3c2)CCCC4)cc1OC. The Bertz CT molecular complexity index is 1250. The van der Waals surface area contributed by atoms with Gasteiger partial charge in [0.25, 0.3) is 11.8 Å². The van der Waals surface area contributed by atoms with Gasteiger partial charge in [0.1, 0.15) is 17.1 Å². The summed E-state index contributed by atoms with van der Waals surface area (Å²) < 4.78 is 26.6. The smallest absolute Gasteiger partial charge is 0.344 e. The van der Waals surface area contributed by atoms with Crippen molar-refractivity contribution in [2.24, 2.45) is 0 Å². The highest BCUT2D eigenvalue weighted by Crippen LogP contribution is 2.34. The number of amides is 2. The Labute approximate surface area is 201 Å². The maximum absolute atomic E-state index is 12.2. The second kappa shape index (κ2) is 10.8. The van der Waals surface area contributed by atoms with Gasteiger partial charge in [0.2, 0.25) is 0 Å². The normalized spacial score (nSPS) is 12.4. The lowest BCUT2D eigenvalue weighted by molar-refractivity contribution is -0.150. The summed E-state index contributed by atoms with van der Waals surface area (Å²) in [6, 6.07) is 9.94. The molecule has 0 spiro atoms. The van der Waals surface area contributed by atoms with Gasteiger partial charge in [-0.05, 0) is 55.7 Å². The summed E-state index contributed by atoms with van der Waals surface area (Å²) in [4.78, 5) is 36.2. The number of fused-ring (bicyclic) bond motifs is 3. The summed E-state index contributed by atoms with van der Waals surface area (Å²) in [5.74, 6) is 0.353. The number of rotatable bonds is 8. The predicted molar refractivity (Wildman–Crippen MR) is 124 cm³/mol. The number of hydrazine groups is 1. The van der Waals surface area contributed by atoms with Gasteiger partial charge in [-0.2, -0.15) is 0 Å². The monoisotopic (exact) mass is 482 g/mol. The molecule has 2 N–H and O–H groups in total. The van der Waals surface area contributed by atoms with Crippen LogP contribution in [0.3, 0.4) is 0 Å². The van der Waals surface area contributed by atoms with Gasteiger partial charge in [0.15, 0.2) is 24.7 Å². The first-order valence-corrected chi connectivity index (χ1v) is 11.1. The number of benzene rings is 2. The average molecular weight is 482 g/mol. The third-order valence-corrected chi connectivity index (χ3v) is 5.61. The molecule has 1 heterocycles. The van der Waals surface area contributed by atoms with Gasteiger partial charge in [0.05, 0.1) is 14.2 Å². The van der Waals surface area contributed by atoms with E-state index in [1.165, 1.54) is 31.9 Å². The van der Waals surface area contributed by atoms with Crippen molar-refractivity contribution in [1.82, 2.24) is 10.9 Å². The number of aryl methyl sites for hydroxylation is 2. The average Bonchev–Trinajstić information content (AvgIpc) is 3.26. The van der Waals surface area contributed by atoms with Crippen LogP contribution in [0.2, 0.25) is 0 Å². The van der Waals surface area contributed by atoms with E-state index in [1.54, 1.807) is 12.1 Å². The van der Waals surface area contributed by atoms with E-state index in [2.05, 4.69) is 10.9 Å². The van der Waals surface area contributed by atoms with Crippen LogP contribution in [0.5, 0.6) is 17.2 Å². The standard InChI is InChI=1S/C25H26N2O8/c1-31-21-9-7-15(11-22(21)32-2)25(30)27-26-23(28)13-34-24(29)14-33-16-8-10-20-18(12-16)17-5-3-4-6-19(17)35-20/h7-12H,3-6,13-14H2,1-2H3,(H,26,28)(H,27,30). The molecule has 2 aromatic carbocycles. The van der Waals surface area contributed by atoms with Crippen molar-refractivity contribution in [2.75, 3.05) is 27.4 Å². The molecule has 1 aliphatic carbocycles. The van der Waals surface area contributed by atoms with Crippen molar-refractivity contribution >= 4 is 28.8 Å². The van der Waals surface area contributed by atoms with E-state index in [4.69, 9.17) is 23.4 Å². The third kappa shape index (κ3) is 5.65. The molecule has 0 unspecified atom stereocenters.